The van der Waals surface area contributed by atoms with E-state index >= 15 is 0 Å². The highest BCUT2D eigenvalue weighted by Crippen LogP contribution is 2.27. The van der Waals surface area contributed by atoms with Gasteiger partial charge in [0.05, 0.1) is 12.1 Å². The van der Waals surface area contributed by atoms with Crippen molar-refractivity contribution in [1.82, 2.24) is 4.98 Å². The molecule has 0 amide bonds. The lowest BCUT2D eigenvalue weighted by Gasteiger charge is -2.04. The minimum atomic E-state index is 0.672. The summed E-state index contributed by atoms with van der Waals surface area (Å²) in [6.07, 6.45) is 2.91. The highest BCUT2D eigenvalue weighted by atomic mass is 16.5. The van der Waals surface area contributed by atoms with Crippen molar-refractivity contribution >= 4 is 10.9 Å². The van der Waals surface area contributed by atoms with Crippen LogP contribution in [-0.4, -0.2) is 18.1 Å². The van der Waals surface area contributed by atoms with E-state index in [4.69, 9.17) is 10.5 Å². The molecule has 1 heterocycles. The van der Waals surface area contributed by atoms with E-state index in [1.165, 1.54) is 10.9 Å². The van der Waals surface area contributed by atoms with Crippen LogP contribution in [0, 0.1) is 0 Å². The van der Waals surface area contributed by atoms with Crippen LogP contribution in [0.3, 0.4) is 0 Å². The molecule has 15 heavy (non-hydrogen) atoms. The van der Waals surface area contributed by atoms with Crippen molar-refractivity contribution in [1.29, 1.82) is 0 Å². The Hall–Kier alpha value is -1.48. The van der Waals surface area contributed by atoms with Crippen LogP contribution in [0.5, 0.6) is 5.75 Å². The van der Waals surface area contributed by atoms with Gasteiger partial charge in [0.2, 0.25) is 0 Å². The number of nitrogens with two attached hydrogens (primary N) is 1. The number of ether oxygens (including phenoxy) is 1. The fourth-order valence-corrected chi connectivity index (χ4v) is 1.82. The third-order valence-electron chi connectivity index (χ3n) is 2.48. The summed E-state index contributed by atoms with van der Waals surface area (Å²) in [6, 6.07) is 6.09. The molecule has 0 saturated carbocycles. The quantitative estimate of drug-likeness (QED) is 0.801. The number of hydrogen-bond acceptors (Lipinski definition) is 2. The first kappa shape index (κ1) is 10.1. The molecule has 0 spiro atoms. The molecule has 0 unspecified atom stereocenters. The van der Waals surface area contributed by atoms with Crippen LogP contribution >= 0.6 is 0 Å². The molecular weight excluding hydrogens is 188 g/mol. The Morgan fingerprint density at radius 1 is 1.40 bits per heavy atom. The number of H-pyrrole nitrogens is 1. The van der Waals surface area contributed by atoms with E-state index in [-0.39, 0.29) is 0 Å². The molecule has 0 aliphatic carbocycles. The first-order valence-corrected chi connectivity index (χ1v) is 5.28. The van der Waals surface area contributed by atoms with Gasteiger partial charge in [0.15, 0.2) is 0 Å². The number of fused-ring (bicyclic) bond motifs is 1. The predicted molar refractivity (Wildman–Crippen MR) is 62.2 cm³/mol. The third-order valence-corrected chi connectivity index (χ3v) is 2.48. The summed E-state index contributed by atoms with van der Waals surface area (Å²) >= 11 is 0. The number of hydrogen-bond donors (Lipinski definition) is 2. The summed E-state index contributed by atoms with van der Waals surface area (Å²) in [5.74, 6) is 0.915. The summed E-state index contributed by atoms with van der Waals surface area (Å²) in [4.78, 5) is 3.25. The van der Waals surface area contributed by atoms with Gasteiger partial charge in [-0.3, -0.25) is 0 Å². The molecule has 1 aromatic carbocycles. The second-order valence-corrected chi connectivity index (χ2v) is 3.46. The molecule has 3 N–H and O–H groups in total. The number of para-hydroxylation sites is 1. The Kier molecular flexibility index (Phi) is 2.92. The average molecular weight is 204 g/mol. The van der Waals surface area contributed by atoms with E-state index < -0.39 is 0 Å². The Bertz CT molecular complexity index is 448. The van der Waals surface area contributed by atoms with Gasteiger partial charge in [-0.05, 0) is 31.5 Å². The third kappa shape index (κ3) is 1.83. The van der Waals surface area contributed by atoms with Gasteiger partial charge >= 0.3 is 0 Å². The van der Waals surface area contributed by atoms with Crippen molar-refractivity contribution < 1.29 is 4.74 Å². The topological polar surface area (TPSA) is 51.0 Å². The summed E-state index contributed by atoms with van der Waals surface area (Å²) in [5.41, 5.74) is 7.89. The van der Waals surface area contributed by atoms with Gasteiger partial charge in [-0.1, -0.05) is 12.1 Å². The summed E-state index contributed by atoms with van der Waals surface area (Å²) in [6.45, 7) is 3.35. The smallest absolute Gasteiger partial charge is 0.143 e. The van der Waals surface area contributed by atoms with E-state index in [1.807, 2.05) is 25.3 Å². The monoisotopic (exact) mass is 204 g/mol. The summed E-state index contributed by atoms with van der Waals surface area (Å²) in [5, 5.41) is 1.21. The normalized spacial score (nSPS) is 10.8. The summed E-state index contributed by atoms with van der Waals surface area (Å²) < 4.78 is 5.55. The van der Waals surface area contributed by atoms with E-state index in [1.54, 1.807) is 0 Å². The zero-order chi connectivity index (χ0) is 10.7. The molecule has 1 aromatic heterocycles. The maximum absolute atomic E-state index is 5.56. The number of rotatable bonds is 4. The van der Waals surface area contributed by atoms with Crippen molar-refractivity contribution in [2.24, 2.45) is 5.73 Å². The summed E-state index contributed by atoms with van der Waals surface area (Å²) in [7, 11) is 0. The molecule has 2 aromatic rings. The van der Waals surface area contributed by atoms with Gasteiger partial charge in [0.25, 0.3) is 0 Å². The predicted octanol–water partition coefficient (Wildman–Crippen LogP) is 2.07. The largest absolute Gasteiger partial charge is 0.492 e. The van der Waals surface area contributed by atoms with Crippen molar-refractivity contribution in [2.45, 2.75) is 13.3 Å². The first-order valence-electron chi connectivity index (χ1n) is 5.28. The molecule has 0 atom stereocenters. The molecule has 0 aliphatic rings. The zero-order valence-corrected chi connectivity index (χ0v) is 8.92. The second-order valence-electron chi connectivity index (χ2n) is 3.46. The van der Waals surface area contributed by atoms with Gasteiger partial charge < -0.3 is 15.5 Å². The minimum absolute atomic E-state index is 0.672. The molecule has 3 heteroatoms. The number of benzene rings is 1. The molecule has 2 rings (SSSR count). The molecule has 0 radical (unpaired) electrons. The van der Waals surface area contributed by atoms with Crippen molar-refractivity contribution in [2.75, 3.05) is 13.2 Å². The maximum Gasteiger partial charge on any atom is 0.143 e. The van der Waals surface area contributed by atoms with Crippen LogP contribution in [0.4, 0.5) is 0 Å². The zero-order valence-electron chi connectivity index (χ0n) is 8.92. The van der Waals surface area contributed by atoms with E-state index in [0.717, 1.165) is 17.7 Å². The van der Waals surface area contributed by atoms with Crippen LogP contribution in [0.15, 0.2) is 24.4 Å². The number of aromatic amines is 1. The van der Waals surface area contributed by atoms with Gasteiger partial charge in [-0.25, -0.2) is 0 Å². The SMILES string of the molecule is CCOc1cccc2c(CCN)c[nH]c12. The van der Waals surface area contributed by atoms with Crippen molar-refractivity contribution in [3.63, 3.8) is 0 Å². The Morgan fingerprint density at radius 2 is 2.27 bits per heavy atom. The number of aromatic nitrogens is 1. The standard InChI is InChI=1S/C12H16N2O/c1-2-15-11-5-3-4-10-9(6-7-13)8-14-12(10)11/h3-5,8,14H,2,6-7,13H2,1H3. The fraction of sp³-hybridized carbons (Fsp3) is 0.333. The molecular formula is C12H16N2O. The Morgan fingerprint density at radius 3 is 3.00 bits per heavy atom. The molecule has 0 aliphatic heterocycles. The lowest BCUT2D eigenvalue weighted by Crippen LogP contribution is -2.01. The second kappa shape index (κ2) is 4.36. The van der Waals surface area contributed by atoms with Crippen LogP contribution in [0.1, 0.15) is 12.5 Å². The van der Waals surface area contributed by atoms with Gasteiger partial charge in [0, 0.05) is 11.6 Å². The molecule has 0 saturated heterocycles. The maximum atomic E-state index is 5.56. The van der Waals surface area contributed by atoms with E-state index in [9.17, 15) is 0 Å². The molecule has 0 fully saturated rings. The Balaban J connectivity index is 2.48. The van der Waals surface area contributed by atoms with Crippen molar-refractivity contribution in [3.05, 3.63) is 30.0 Å². The van der Waals surface area contributed by atoms with Crippen LogP contribution < -0.4 is 10.5 Å². The van der Waals surface area contributed by atoms with Crippen LogP contribution in [0.2, 0.25) is 0 Å². The minimum Gasteiger partial charge on any atom is -0.492 e. The van der Waals surface area contributed by atoms with Crippen LogP contribution in [-0.2, 0) is 6.42 Å². The number of nitrogens with one attached hydrogen (secondary N) is 1. The van der Waals surface area contributed by atoms with Gasteiger partial charge in [-0.2, -0.15) is 0 Å². The molecule has 80 valence electrons. The first-order chi connectivity index (χ1) is 7.36. The lowest BCUT2D eigenvalue weighted by molar-refractivity contribution is 0.344. The van der Waals surface area contributed by atoms with Crippen molar-refractivity contribution in [3.8, 4) is 5.75 Å². The Labute approximate surface area is 89.2 Å². The highest BCUT2D eigenvalue weighted by molar-refractivity contribution is 5.88. The lowest BCUT2D eigenvalue weighted by atomic mass is 10.1. The highest BCUT2D eigenvalue weighted by Gasteiger charge is 2.06. The van der Waals surface area contributed by atoms with E-state index in [0.29, 0.717) is 13.2 Å². The van der Waals surface area contributed by atoms with Gasteiger partial charge in [-0.15, -0.1) is 0 Å². The average Bonchev–Trinajstić information content (AvgIpc) is 2.64. The molecule has 3 nitrogen and oxygen atoms in total. The van der Waals surface area contributed by atoms with Gasteiger partial charge in [0.1, 0.15) is 5.75 Å². The molecule has 0 bridgehead atoms. The van der Waals surface area contributed by atoms with E-state index in [2.05, 4.69) is 11.1 Å². The van der Waals surface area contributed by atoms with Crippen LogP contribution in [0.25, 0.3) is 10.9 Å². The fourth-order valence-electron chi connectivity index (χ4n) is 1.82.